The van der Waals surface area contributed by atoms with E-state index in [0.29, 0.717) is 12.0 Å². The summed E-state index contributed by atoms with van der Waals surface area (Å²) in [4.78, 5) is 2.42. The van der Waals surface area contributed by atoms with Crippen LogP contribution in [0.1, 0.15) is 32.6 Å². The lowest BCUT2D eigenvalue weighted by Crippen LogP contribution is -2.43. The van der Waals surface area contributed by atoms with Crippen molar-refractivity contribution in [2.45, 2.75) is 32.6 Å². The first-order valence-corrected chi connectivity index (χ1v) is 7.30. The van der Waals surface area contributed by atoms with E-state index in [1.807, 2.05) is 0 Å². The highest BCUT2D eigenvalue weighted by molar-refractivity contribution is 4.87. The Hall–Kier alpha value is -0.160. The van der Waals surface area contributed by atoms with Gasteiger partial charge in [0.2, 0.25) is 0 Å². The maximum Gasteiger partial charge on any atom is 0.0547 e. The van der Waals surface area contributed by atoms with Crippen LogP contribution in [-0.2, 0) is 4.74 Å². The highest BCUT2D eigenvalue weighted by atomic mass is 16.5. The van der Waals surface area contributed by atoms with Crippen LogP contribution < -0.4 is 5.32 Å². The third-order valence-corrected chi connectivity index (χ3v) is 3.74. The zero-order chi connectivity index (χ0) is 13.3. The molecule has 1 atom stereocenters. The highest BCUT2D eigenvalue weighted by Gasteiger charge is 2.35. The lowest BCUT2D eigenvalue weighted by Gasteiger charge is -2.32. The summed E-state index contributed by atoms with van der Waals surface area (Å²) >= 11 is 0. The molecule has 1 aliphatic rings. The van der Waals surface area contributed by atoms with Crippen LogP contribution in [0.5, 0.6) is 0 Å². The number of hydrogen-bond donors (Lipinski definition) is 2. The van der Waals surface area contributed by atoms with Gasteiger partial charge in [0.05, 0.1) is 6.61 Å². The number of hydrogen-bond acceptors (Lipinski definition) is 4. The highest BCUT2D eigenvalue weighted by Crippen LogP contribution is 2.28. The fourth-order valence-electron chi connectivity index (χ4n) is 2.68. The molecule has 0 amide bonds. The van der Waals surface area contributed by atoms with Crippen LogP contribution in [0.4, 0.5) is 0 Å². The van der Waals surface area contributed by atoms with Gasteiger partial charge >= 0.3 is 0 Å². The van der Waals surface area contributed by atoms with E-state index in [2.05, 4.69) is 24.2 Å². The average molecular weight is 258 g/mol. The van der Waals surface area contributed by atoms with Crippen molar-refractivity contribution in [1.29, 1.82) is 0 Å². The second kappa shape index (κ2) is 8.86. The van der Waals surface area contributed by atoms with Crippen molar-refractivity contribution in [2.75, 3.05) is 53.0 Å². The molecular formula is C14H30N2O2. The first-order valence-electron chi connectivity index (χ1n) is 7.30. The number of ether oxygens (including phenoxy) is 1. The van der Waals surface area contributed by atoms with Crippen molar-refractivity contribution in [3.05, 3.63) is 0 Å². The van der Waals surface area contributed by atoms with Gasteiger partial charge < -0.3 is 20.1 Å². The fraction of sp³-hybridized carbons (Fsp3) is 1.00. The Balaban J connectivity index is 2.26. The molecule has 18 heavy (non-hydrogen) atoms. The zero-order valence-corrected chi connectivity index (χ0v) is 12.1. The van der Waals surface area contributed by atoms with Gasteiger partial charge in [0.25, 0.3) is 0 Å². The van der Waals surface area contributed by atoms with Gasteiger partial charge in [-0.05, 0) is 45.8 Å². The zero-order valence-electron chi connectivity index (χ0n) is 12.1. The van der Waals surface area contributed by atoms with Crippen LogP contribution in [0, 0.1) is 5.41 Å². The van der Waals surface area contributed by atoms with E-state index in [0.717, 1.165) is 52.2 Å². The maximum atomic E-state index is 8.76. The van der Waals surface area contributed by atoms with E-state index in [-0.39, 0.29) is 0 Å². The molecule has 1 unspecified atom stereocenters. The Labute approximate surface area is 112 Å². The van der Waals surface area contributed by atoms with Crippen molar-refractivity contribution >= 4 is 0 Å². The molecule has 0 aromatic rings. The molecule has 1 saturated heterocycles. The molecule has 1 heterocycles. The number of aliphatic hydroxyl groups is 1. The summed E-state index contributed by atoms with van der Waals surface area (Å²) in [6.07, 6.45) is 4.40. The van der Waals surface area contributed by atoms with Gasteiger partial charge in [-0.25, -0.2) is 0 Å². The van der Waals surface area contributed by atoms with Gasteiger partial charge in [0.15, 0.2) is 0 Å². The van der Waals surface area contributed by atoms with Crippen LogP contribution in [-0.4, -0.2) is 63.1 Å². The molecule has 0 aromatic heterocycles. The summed E-state index contributed by atoms with van der Waals surface area (Å²) in [5.74, 6) is 0. The molecule has 4 nitrogen and oxygen atoms in total. The van der Waals surface area contributed by atoms with E-state index in [1.165, 1.54) is 12.8 Å². The Morgan fingerprint density at radius 1 is 1.33 bits per heavy atom. The number of nitrogens with zero attached hydrogens (tertiary/aromatic N) is 1. The first kappa shape index (κ1) is 15.9. The van der Waals surface area contributed by atoms with Crippen LogP contribution in [0.3, 0.4) is 0 Å². The van der Waals surface area contributed by atoms with E-state index in [9.17, 15) is 0 Å². The third kappa shape index (κ3) is 5.65. The van der Waals surface area contributed by atoms with Crippen LogP contribution in [0.25, 0.3) is 0 Å². The van der Waals surface area contributed by atoms with Gasteiger partial charge in [0.1, 0.15) is 0 Å². The summed E-state index contributed by atoms with van der Waals surface area (Å²) in [6.45, 7) is 8.59. The van der Waals surface area contributed by atoms with E-state index >= 15 is 0 Å². The minimum absolute atomic E-state index is 0.307. The molecule has 0 aromatic carbocycles. The quantitative estimate of drug-likeness (QED) is 0.576. The topological polar surface area (TPSA) is 44.7 Å². The van der Waals surface area contributed by atoms with Crippen molar-refractivity contribution in [3.63, 3.8) is 0 Å². The van der Waals surface area contributed by atoms with E-state index in [1.54, 1.807) is 0 Å². The van der Waals surface area contributed by atoms with Gasteiger partial charge in [-0.3, -0.25) is 0 Å². The molecule has 1 fully saturated rings. The molecule has 0 aliphatic carbocycles. The summed E-state index contributed by atoms with van der Waals surface area (Å²) in [6, 6.07) is 0. The average Bonchev–Trinajstić information content (AvgIpc) is 2.81. The molecule has 2 N–H and O–H groups in total. The van der Waals surface area contributed by atoms with Crippen molar-refractivity contribution in [2.24, 2.45) is 5.41 Å². The van der Waals surface area contributed by atoms with Gasteiger partial charge in [-0.1, -0.05) is 6.92 Å². The van der Waals surface area contributed by atoms with Crippen LogP contribution >= 0.6 is 0 Å². The maximum absolute atomic E-state index is 8.76. The van der Waals surface area contributed by atoms with Crippen molar-refractivity contribution < 1.29 is 9.84 Å². The number of rotatable bonds is 10. The van der Waals surface area contributed by atoms with Gasteiger partial charge in [0, 0.05) is 31.7 Å². The molecular weight excluding hydrogens is 228 g/mol. The van der Waals surface area contributed by atoms with E-state index < -0.39 is 0 Å². The predicted molar refractivity (Wildman–Crippen MR) is 74.8 cm³/mol. The molecule has 0 spiro atoms. The lowest BCUT2D eigenvalue weighted by atomic mass is 9.86. The van der Waals surface area contributed by atoms with Crippen LogP contribution in [0.15, 0.2) is 0 Å². The first-order chi connectivity index (χ1) is 8.72. The molecule has 0 radical (unpaired) electrons. The molecule has 1 aliphatic heterocycles. The largest absolute Gasteiger partial charge is 0.396 e. The number of unbranched alkanes of at least 4 members (excludes halogenated alkanes) is 2. The van der Waals surface area contributed by atoms with Crippen molar-refractivity contribution in [1.82, 2.24) is 10.2 Å². The Morgan fingerprint density at radius 2 is 2.17 bits per heavy atom. The fourth-order valence-corrected chi connectivity index (χ4v) is 2.68. The number of aliphatic hydroxyl groups excluding tert-OH is 1. The predicted octanol–water partition coefficient (Wildman–Crippen LogP) is 1.10. The second-order valence-electron chi connectivity index (χ2n) is 5.60. The van der Waals surface area contributed by atoms with Gasteiger partial charge in [-0.2, -0.15) is 0 Å². The summed E-state index contributed by atoms with van der Waals surface area (Å²) in [7, 11) is 2.20. The van der Waals surface area contributed by atoms with Gasteiger partial charge in [-0.15, -0.1) is 0 Å². The van der Waals surface area contributed by atoms with Crippen LogP contribution in [0.2, 0.25) is 0 Å². The summed E-state index contributed by atoms with van der Waals surface area (Å²) in [5.41, 5.74) is 0.307. The smallest absolute Gasteiger partial charge is 0.0547 e. The van der Waals surface area contributed by atoms with E-state index in [4.69, 9.17) is 9.84 Å². The second-order valence-corrected chi connectivity index (χ2v) is 5.60. The Kier molecular flexibility index (Phi) is 7.82. The summed E-state index contributed by atoms with van der Waals surface area (Å²) in [5, 5.41) is 12.2. The SMILES string of the molecule is CCNCC1(CN(C)CCCCCO)CCOC1. The Morgan fingerprint density at radius 3 is 2.78 bits per heavy atom. The number of nitrogens with one attached hydrogen (secondary N) is 1. The summed E-state index contributed by atoms with van der Waals surface area (Å²) < 4.78 is 5.60. The lowest BCUT2D eigenvalue weighted by molar-refractivity contribution is 0.118. The Bertz CT molecular complexity index is 206. The molecule has 108 valence electrons. The molecule has 0 saturated carbocycles. The monoisotopic (exact) mass is 258 g/mol. The minimum atomic E-state index is 0.307. The molecule has 4 heteroatoms. The molecule has 1 rings (SSSR count). The molecule has 0 bridgehead atoms. The standard InChI is InChI=1S/C14H30N2O2/c1-3-15-11-14(7-10-18-13-14)12-16(2)8-5-4-6-9-17/h15,17H,3-13H2,1-2H3. The van der Waals surface area contributed by atoms with Crippen molar-refractivity contribution in [3.8, 4) is 0 Å². The third-order valence-electron chi connectivity index (χ3n) is 3.74. The normalized spacial score (nSPS) is 24.0. The minimum Gasteiger partial charge on any atom is -0.396 e.